The van der Waals surface area contributed by atoms with Gasteiger partial charge in [0.1, 0.15) is 11.5 Å². The summed E-state index contributed by atoms with van der Waals surface area (Å²) in [5.74, 6) is -0.275. The fraction of sp³-hybridized carbons (Fsp3) is 0.294. The van der Waals surface area contributed by atoms with Crippen LogP contribution in [0.1, 0.15) is 27.3 Å². The molecule has 9 nitrogen and oxygen atoms in total. The molecule has 0 bridgehead atoms. The molecule has 2 aromatic rings. The number of amides is 1. The van der Waals surface area contributed by atoms with Crippen LogP contribution >= 0.6 is 0 Å². The summed E-state index contributed by atoms with van der Waals surface area (Å²) >= 11 is 0. The lowest BCUT2D eigenvalue weighted by Gasteiger charge is -2.11. The number of hydrogen-bond donors (Lipinski definition) is 2. The number of carbonyl (C=O) groups is 2. The number of methoxy groups -OCH3 is 1. The van der Waals surface area contributed by atoms with Gasteiger partial charge < -0.3 is 15.4 Å². The van der Waals surface area contributed by atoms with Crippen molar-refractivity contribution in [2.45, 2.75) is 12.5 Å². The van der Waals surface area contributed by atoms with E-state index in [2.05, 4.69) is 25.3 Å². The van der Waals surface area contributed by atoms with Crippen LogP contribution in [-0.2, 0) is 14.6 Å². The van der Waals surface area contributed by atoms with Gasteiger partial charge in [-0.2, -0.15) is 0 Å². The van der Waals surface area contributed by atoms with Gasteiger partial charge in [-0.25, -0.2) is 23.2 Å². The van der Waals surface area contributed by atoms with E-state index < -0.39 is 21.7 Å². The fourth-order valence-corrected chi connectivity index (χ4v) is 4.31. The number of anilines is 2. The molecule has 142 valence electrons. The number of rotatable bonds is 5. The quantitative estimate of drug-likeness (QED) is 0.727. The summed E-state index contributed by atoms with van der Waals surface area (Å²) in [6.45, 7) is 0. The topological polar surface area (TPSA) is 127 Å². The molecular weight excluding hydrogens is 372 g/mol. The second kappa shape index (κ2) is 7.70. The summed E-state index contributed by atoms with van der Waals surface area (Å²) in [5.41, 5.74) is 0.976. The molecule has 3 rings (SSSR count). The van der Waals surface area contributed by atoms with Crippen molar-refractivity contribution in [1.29, 1.82) is 0 Å². The van der Waals surface area contributed by atoms with Crippen LogP contribution in [0.15, 0.2) is 36.7 Å². The Labute approximate surface area is 156 Å². The van der Waals surface area contributed by atoms with Gasteiger partial charge in [0.15, 0.2) is 9.84 Å². The molecule has 0 spiro atoms. The zero-order valence-electron chi connectivity index (χ0n) is 14.5. The third-order valence-corrected chi connectivity index (χ3v) is 5.80. The van der Waals surface area contributed by atoms with Crippen LogP contribution < -0.4 is 10.6 Å². The van der Waals surface area contributed by atoms with Crippen LogP contribution in [0.4, 0.5) is 11.5 Å². The first-order chi connectivity index (χ1) is 12.9. The second-order valence-corrected chi connectivity index (χ2v) is 8.28. The van der Waals surface area contributed by atoms with Crippen molar-refractivity contribution < 1.29 is 22.7 Å². The van der Waals surface area contributed by atoms with Gasteiger partial charge in [0.2, 0.25) is 0 Å². The molecule has 1 unspecified atom stereocenters. The van der Waals surface area contributed by atoms with E-state index in [9.17, 15) is 18.0 Å². The largest absolute Gasteiger partial charge is 0.465 e. The summed E-state index contributed by atoms with van der Waals surface area (Å²) < 4.78 is 27.6. The Kier molecular flexibility index (Phi) is 5.36. The van der Waals surface area contributed by atoms with E-state index in [0.717, 1.165) is 0 Å². The van der Waals surface area contributed by atoms with Gasteiger partial charge in [0.25, 0.3) is 5.91 Å². The molecule has 1 aromatic heterocycles. The zero-order valence-corrected chi connectivity index (χ0v) is 15.3. The molecule has 1 fully saturated rings. The summed E-state index contributed by atoms with van der Waals surface area (Å²) in [5, 5.41) is 5.66. The van der Waals surface area contributed by atoms with Crippen LogP contribution in [0.3, 0.4) is 0 Å². The van der Waals surface area contributed by atoms with Crippen molar-refractivity contribution in [2.75, 3.05) is 29.2 Å². The van der Waals surface area contributed by atoms with Gasteiger partial charge in [-0.3, -0.25) is 4.79 Å². The highest BCUT2D eigenvalue weighted by atomic mass is 32.2. The maximum Gasteiger partial charge on any atom is 0.337 e. The van der Waals surface area contributed by atoms with E-state index in [1.54, 1.807) is 12.1 Å². The minimum atomic E-state index is -2.99. The van der Waals surface area contributed by atoms with Crippen LogP contribution in [0.2, 0.25) is 0 Å². The number of nitrogens with one attached hydrogen (secondary N) is 2. The molecule has 1 amide bonds. The number of benzene rings is 1. The summed E-state index contributed by atoms with van der Waals surface area (Å²) in [6.07, 6.45) is 3.22. The highest BCUT2D eigenvalue weighted by molar-refractivity contribution is 7.91. The maximum absolute atomic E-state index is 12.2. The molecule has 0 saturated carbocycles. The van der Waals surface area contributed by atoms with E-state index in [4.69, 9.17) is 0 Å². The van der Waals surface area contributed by atoms with Crippen LogP contribution in [0.25, 0.3) is 0 Å². The molecule has 1 aliphatic heterocycles. The minimum absolute atomic E-state index is 0.0679. The van der Waals surface area contributed by atoms with E-state index in [0.29, 0.717) is 23.5 Å². The van der Waals surface area contributed by atoms with E-state index in [1.807, 2.05) is 0 Å². The molecule has 10 heteroatoms. The Morgan fingerprint density at radius 1 is 1.15 bits per heavy atom. The number of nitrogens with zero attached hydrogens (tertiary/aromatic N) is 2. The smallest absolute Gasteiger partial charge is 0.337 e. The highest BCUT2D eigenvalue weighted by Crippen LogP contribution is 2.16. The summed E-state index contributed by atoms with van der Waals surface area (Å²) in [7, 11) is -1.69. The van der Waals surface area contributed by atoms with Crippen molar-refractivity contribution in [3.8, 4) is 0 Å². The Morgan fingerprint density at radius 3 is 2.44 bits per heavy atom. The van der Waals surface area contributed by atoms with Gasteiger partial charge in [0.05, 0.1) is 36.6 Å². The molecule has 1 aromatic carbocycles. The summed E-state index contributed by atoms with van der Waals surface area (Å²) in [6, 6.07) is 6.03. The predicted octanol–water partition coefficient (Wildman–Crippen LogP) is 1.11. The van der Waals surface area contributed by atoms with Crippen molar-refractivity contribution >= 4 is 33.2 Å². The molecular formula is C17H18N4O5S. The molecule has 0 aliphatic carbocycles. The third-order valence-electron chi connectivity index (χ3n) is 4.03. The first kappa shape index (κ1) is 18.8. The molecule has 1 aliphatic rings. The van der Waals surface area contributed by atoms with E-state index in [1.165, 1.54) is 31.6 Å². The van der Waals surface area contributed by atoms with Crippen molar-refractivity contribution in [3.63, 3.8) is 0 Å². The van der Waals surface area contributed by atoms with Crippen molar-refractivity contribution in [1.82, 2.24) is 9.97 Å². The average molecular weight is 390 g/mol. The van der Waals surface area contributed by atoms with Gasteiger partial charge >= 0.3 is 5.97 Å². The Hall–Kier alpha value is -3.01. The van der Waals surface area contributed by atoms with Crippen LogP contribution in [-0.4, -0.2) is 54.9 Å². The number of carbonyl (C=O) groups excluding carboxylic acids is 2. The monoisotopic (exact) mass is 390 g/mol. The summed E-state index contributed by atoms with van der Waals surface area (Å²) in [4.78, 5) is 31.8. The van der Waals surface area contributed by atoms with Gasteiger partial charge in [0, 0.05) is 11.7 Å². The third kappa shape index (κ3) is 4.79. The second-order valence-electron chi connectivity index (χ2n) is 6.05. The van der Waals surface area contributed by atoms with Crippen molar-refractivity contribution in [2.24, 2.45) is 0 Å². The lowest BCUT2D eigenvalue weighted by Crippen LogP contribution is -2.22. The number of sulfone groups is 1. The fourth-order valence-electron chi connectivity index (χ4n) is 2.64. The normalized spacial score (nSPS) is 17.9. The first-order valence-corrected chi connectivity index (χ1v) is 9.97. The molecule has 1 atom stereocenters. The highest BCUT2D eigenvalue weighted by Gasteiger charge is 2.28. The maximum atomic E-state index is 12.2. The molecule has 2 N–H and O–H groups in total. The van der Waals surface area contributed by atoms with E-state index in [-0.39, 0.29) is 23.2 Å². The number of esters is 1. The van der Waals surface area contributed by atoms with Gasteiger partial charge in [-0.15, -0.1) is 0 Å². The van der Waals surface area contributed by atoms with Crippen LogP contribution in [0, 0.1) is 0 Å². The number of hydrogen-bond acceptors (Lipinski definition) is 8. The SMILES string of the molecule is COC(=O)c1ccc(NC(=O)c2cnc(NC3CCS(=O)(=O)C3)cn2)cc1. The van der Waals surface area contributed by atoms with Crippen LogP contribution in [0.5, 0.6) is 0 Å². The molecule has 0 radical (unpaired) electrons. The lowest BCUT2D eigenvalue weighted by atomic mass is 10.2. The predicted molar refractivity (Wildman–Crippen MR) is 98.4 cm³/mol. The van der Waals surface area contributed by atoms with Gasteiger partial charge in [-0.1, -0.05) is 0 Å². The standard InChI is InChI=1S/C17H18N4O5S/c1-26-17(23)11-2-4-12(5-3-11)21-16(22)14-8-19-15(9-18-14)20-13-6-7-27(24,25)10-13/h2-5,8-9,13H,6-7,10H2,1H3,(H,19,20)(H,21,22). The Bertz CT molecular complexity index is 942. The average Bonchev–Trinajstić information content (AvgIpc) is 3.00. The minimum Gasteiger partial charge on any atom is -0.465 e. The zero-order chi connectivity index (χ0) is 19.4. The Morgan fingerprint density at radius 2 is 1.89 bits per heavy atom. The van der Waals surface area contributed by atoms with E-state index >= 15 is 0 Å². The first-order valence-electron chi connectivity index (χ1n) is 8.15. The Balaban J connectivity index is 1.59. The van der Waals surface area contributed by atoms with Crippen molar-refractivity contribution in [3.05, 3.63) is 47.9 Å². The lowest BCUT2D eigenvalue weighted by molar-refractivity contribution is 0.0600. The number of aromatic nitrogens is 2. The van der Waals surface area contributed by atoms with Gasteiger partial charge in [-0.05, 0) is 30.7 Å². The number of ether oxygens (including phenoxy) is 1. The molecule has 1 saturated heterocycles. The molecule has 2 heterocycles. The molecule has 27 heavy (non-hydrogen) atoms.